The maximum absolute atomic E-state index is 13.3. The average Bonchev–Trinajstić information content (AvgIpc) is 2.58. The van der Waals surface area contributed by atoms with E-state index in [1.807, 2.05) is 0 Å². The number of halogens is 7. The minimum absolute atomic E-state index is 0.189. The summed E-state index contributed by atoms with van der Waals surface area (Å²) in [7, 11) is -8.76. The third-order valence-electron chi connectivity index (χ3n) is 3.84. The van der Waals surface area contributed by atoms with Crippen LogP contribution in [0.25, 0.3) is 0 Å². The lowest BCUT2D eigenvalue weighted by Crippen LogP contribution is -2.38. The molecule has 2 rings (SSSR count). The van der Waals surface area contributed by atoms with Gasteiger partial charge in [-0.05, 0) is 42.0 Å². The first-order valence-electron chi connectivity index (χ1n) is 8.74. The lowest BCUT2D eigenvalue weighted by molar-refractivity contribution is -0.137. The summed E-state index contributed by atoms with van der Waals surface area (Å²) in [6, 6.07) is 5.09. The average molecular weight is 554 g/mol. The highest BCUT2D eigenvalue weighted by Crippen LogP contribution is 2.36. The molecule has 0 aromatic heterocycles. The molecular formula is C18H14ClF6NO6S2. The van der Waals surface area contributed by atoms with Gasteiger partial charge in [-0.1, -0.05) is 11.6 Å². The number of hydrogen-bond donors (Lipinski definition) is 1. The number of rotatable bonds is 7. The molecule has 0 aliphatic heterocycles. The Bertz CT molecular complexity index is 1310. The Morgan fingerprint density at radius 1 is 1.00 bits per heavy atom. The van der Waals surface area contributed by atoms with Gasteiger partial charge in [-0.2, -0.15) is 26.3 Å². The van der Waals surface area contributed by atoms with Gasteiger partial charge in [-0.15, -0.1) is 0 Å². The van der Waals surface area contributed by atoms with Crippen molar-refractivity contribution in [3.63, 3.8) is 0 Å². The maximum atomic E-state index is 13.3. The molecule has 0 heterocycles. The van der Waals surface area contributed by atoms with Gasteiger partial charge >= 0.3 is 12.4 Å². The zero-order valence-corrected chi connectivity index (χ0v) is 19.2. The van der Waals surface area contributed by atoms with E-state index >= 15 is 0 Å². The first kappa shape index (κ1) is 27.7. The van der Waals surface area contributed by atoms with Crippen LogP contribution < -0.4 is 9.46 Å². The Labute approximate surface area is 194 Å². The molecule has 188 valence electrons. The number of nitrogens with one attached hydrogen (secondary N) is 1. The van der Waals surface area contributed by atoms with Crippen LogP contribution in [0.15, 0.2) is 41.3 Å². The first-order chi connectivity index (χ1) is 15.2. The Morgan fingerprint density at radius 3 is 2.12 bits per heavy atom. The lowest BCUT2D eigenvalue weighted by atomic mass is 10.1. The minimum atomic E-state index is -5.14. The van der Waals surface area contributed by atoms with Gasteiger partial charge in [0.1, 0.15) is 11.5 Å². The van der Waals surface area contributed by atoms with Crippen LogP contribution >= 0.6 is 11.6 Å². The molecule has 0 spiro atoms. The van der Waals surface area contributed by atoms with Crippen molar-refractivity contribution in [3.05, 3.63) is 52.5 Å². The summed E-state index contributed by atoms with van der Waals surface area (Å²) in [6.45, 7) is 0. The number of sulfonamides is 1. The van der Waals surface area contributed by atoms with Crippen LogP contribution in [0, 0.1) is 0 Å². The van der Waals surface area contributed by atoms with E-state index in [4.69, 9.17) is 16.3 Å². The monoisotopic (exact) mass is 553 g/mol. The smallest absolute Gasteiger partial charge is 0.416 e. The fourth-order valence-corrected chi connectivity index (χ4v) is 4.41. The quantitative estimate of drug-likeness (QED) is 0.517. The highest BCUT2D eigenvalue weighted by molar-refractivity contribution is 7.90. The van der Waals surface area contributed by atoms with Crippen LogP contribution in [0.4, 0.5) is 26.3 Å². The zero-order valence-electron chi connectivity index (χ0n) is 16.8. The largest absolute Gasteiger partial charge is 0.456 e. The van der Waals surface area contributed by atoms with Gasteiger partial charge in [0.05, 0.1) is 21.9 Å². The van der Waals surface area contributed by atoms with Crippen LogP contribution in [0.3, 0.4) is 0 Å². The van der Waals surface area contributed by atoms with Gasteiger partial charge in [0.25, 0.3) is 0 Å². The summed E-state index contributed by atoms with van der Waals surface area (Å²) >= 11 is 5.93. The summed E-state index contributed by atoms with van der Waals surface area (Å²) in [5.74, 6) is -4.61. The summed E-state index contributed by atoms with van der Waals surface area (Å²) in [5.41, 5.74) is -1.75. The molecule has 0 atom stereocenters. The molecule has 2 aromatic carbocycles. The van der Waals surface area contributed by atoms with Gasteiger partial charge in [0.2, 0.25) is 15.9 Å². The third kappa shape index (κ3) is 8.36. The fourth-order valence-electron chi connectivity index (χ4n) is 2.55. The molecule has 0 bridgehead atoms. The zero-order chi connectivity index (χ0) is 26.1. The molecule has 16 heteroatoms. The van der Waals surface area contributed by atoms with E-state index in [-0.39, 0.29) is 15.7 Å². The normalized spacial score (nSPS) is 12.9. The number of sulfone groups is 1. The summed E-state index contributed by atoms with van der Waals surface area (Å²) in [6.07, 6.45) is -10.2. The maximum Gasteiger partial charge on any atom is 0.416 e. The Hall–Kier alpha value is -2.52. The Morgan fingerprint density at radius 2 is 1.62 bits per heavy atom. The lowest BCUT2D eigenvalue weighted by Gasteiger charge is -2.14. The number of hydrogen-bond acceptors (Lipinski definition) is 6. The van der Waals surface area contributed by atoms with E-state index in [0.29, 0.717) is 12.1 Å². The second kappa shape index (κ2) is 9.62. The molecule has 0 unspecified atom stereocenters. The van der Waals surface area contributed by atoms with Crippen molar-refractivity contribution in [2.45, 2.75) is 23.7 Å². The molecule has 34 heavy (non-hydrogen) atoms. The van der Waals surface area contributed by atoms with Gasteiger partial charge < -0.3 is 4.74 Å². The SMILES string of the molecule is CS(=O)(=O)c1ccc(Oc2cc(CC(=O)NS(=O)(=O)CC(F)(F)F)cc(C(F)(F)F)c2)c(Cl)c1. The summed E-state index contributed by atoms with van der Waals surface area (Å²) < 4.78 is 129. The molecule has 1 amide bonds. The van der Waals surface area contributed by atoms with Gasteiger partial charge in [0.15, 0.2) is 15.6 Å². The Kier molecular flexibility index (Phi) is 7.84. The predicted molar refractivity (Wildman–Crippen MR) is 108 cm³/mol. The minimum Gasteiger partial charge on any atom is -0.456 e. The van der Waals surface area contributed by atoms with Crippen LogP contribution in [0.5, 0.6) is 11.5 Å². The molecule has 7 nitrogen and oxygen atoms in total. The van der Waals surface area contributed by atoms with Crippen LogP contribution in [0.2, 0.25) is 5.02 Å². The van der Waals surface area contributed by atoms with E-state index in [2.05, 4.69) is 0 Å². The molecule has 2 aromatic rings. The van der Waals surface area contributed by atoms with Gasteiger partial charge in [-0.3, -0.25) is 9.52 Å². The van der Waals surface area contributed by atoms with E-state index in [9.17, 15) is 48.0 Å². The molecule has 0 saturated carbocycles. The molecule has 0 aliphatic rings. The standard InChI is InChI=1S/C18H14ClF6NO6S2/c1-33(28,29)13-2-3-15(14(19)8-13)32-12-5-10(4-11(7-12)18(23,24)25)6-16(27)26-34(30,31)9-17(20,21)22/h2-5,7-8H,6,9H2,1H3,(H,26,27). The number of alkyl halides is 6. The number of carbonyl (C=O) groups excluding carboxylic acids is 1. The molecule has 0 aliphatic carbocycles. The Balaban J connectivity index is 2.35. The van der Waals surface area contributed by atoms with Gasteiger partial charge in [0, 0.05) is 6.26 Å². The van der Waals surface area contributed by atoms with E-state index in [1.165, 1.54) is 0 Å². The second-order valence-corrected chi connectivity index (χ2v) is 11.1. The van der Waals surface area contributed by atoms with E-state index in [1.54, 1.807) is 0 Å². The summed E-state index contributed by atoms with van der Waals surface area (Å²) in [5, 5.41) is -0.266. The number of ether oxygens (including phenoxy) is 1. The molecule has 0 saturated heterocycles. The molecule has 1 N–H and O–H groups in total. The molecule has 0 fully saturated rings. The van der Waals surface area contributed by atoms with Crippen molar-refractivity contribution in [3.8, 4) is 11.5 Å². The van der Waals surface area contributed by atoms with Crippen molar-refractivity contribution in [1.82, 2.24) is 4.72 Å². The first-order valence-corrected chi connectivity index (χ1v) is 12.7. The van der Waals surface area contributed by atoms with Crippen LogP contribution in [-0.4, -0.2) is 40.9 Å². The second-order valence-electron chi connectivity index (χ2n) is 6.91. The predicted octanol–water partition coefficient (Wildman–Crippen LogP) is 4.11. The van der Waals surface area contributed by atoms with E-state index in [0.717, 1.165) is 35.2 Å². The summed E-state index contributed by atoms with van der Waals surface area (Å²) in [4.78, 5) is 11.7. The van der Waals surface area contributed by atoms with Crippen LogP contribution in [-0.2, 0) is 37.3 Å². The highest BCUT2D eigenvalue weighted by atomic mass is 35.5. The van der Waals surface area contributed by atoms with Crippen molar-refractivity contribution in [1.29, 1.82) is 0 Å². The van der Waals surface area contributed by atoms with Crippen molar-refractivity contribution in [2.24, 2.45) is 0 Å². The fraction of sp³-hybridized carbons (Fsp3) is 0.278. The van der Waals surface area contributed by atoms with Gasteiger partial charge in [-0.25, -0.2) is 16.8 Å². The van der Waals surface area contributed by atoms with Crippen molar-refractivity contribution in [2.75, 3.05) is 12.0 Å². The molecular weight excluding hydrogens is 540 g/mol. The topological polar surface area (TPSA) is 107 Å². The number of amides is 1. The van der Waals surface area contributed by atoms with Crippen molar-refractivity contribution >= 4 is 37.4 Å². The molecule has 0 radical (unpaired) electrons. The third-order valence-corrected chi connectivity index (χ3v) is 6.49. The number of benzene rings is 2. The van der Waals surface area contributed by atoms with Crippen LogP contribution in [0.1, 0.15) is 11.1 Å². The van der Waals surface area contributed by atoms with Crippen molar-refractivity contribution < 1.29 is 52.7 Å². The highest BCUT2D eigenvalue weighted by Gasteiger charge is 2.36. The van der Waals surface area contributed by atoms with E-state index < -0.39 is 67.2 Å². The number of carbonyl (C=O) groups is 1.